The molecule has 1 aliphatic rings. The van der Waals surface area contributed by atoms with E-state index in [1.54, 1.807) is 0 Å². The molecule has 1 aliphatic carbocycles. The van der Waals surface area contributed by atoms with Crippen molar-refractivity contribution < 1.29 is 4.92 Å². The lowest BCUT2D eigenvalue weighted by molar-refractivity contribution is -0.384. The van der Waals surface area contributed by atoms with Gasteiger partial charge in [-0.1, -0.05) is 26.2 Å². The second-order valence-electron chi connectivity index (χ2n) is 5.64. The van der Waals surface area contributed by atoms with Gasteiger partial charge < -0.3 is 10.7 Å². The number of nitrogen functional groups attached to an aromatic ring is 1. The minimum atomic E-state index is -0.427. The fourth-order valence-corrected chi connectivity index (χ4v) is 2.89. The number of nitro groups is 1. The molecule has 1 heterocycles. The Labute approximate surface area is 124 Å². The maximum Gasteiger partial charge on any atom is 0.311 e. The molecule has 0 unspecified atom stereocenters. The Hall–Kier alpha value is -1.89. The van der Waals surface area contributed by atoms with Gasteiger partial charge in [-0.15, -0.1) is 0 Å². The predicted molar refractivity (Wildman–Crippen MR) is 82.9 cm³/mol. The number of rotatable bonds is 6. The highest BCUT2D eigenvalue weighted by Crippen LogP contribution is 2.31. The first-order chi connectivity index (χ1) is 10.1. The molecule has 1 saturated carbocycles. The Morgan fingerprint density at radius 2 is 2.00 bits per heavy atom. The average Bonchev–Trinajstić information content (AvgIpc) is 2.52. The smallest absolute Gasteiger partial charge is 0.311 e. The first-order valence-corrected chi connectivity index (χ1v) is 7.50. The Balaban J connectivity index is 1.97. The van der Waals surface area contributed by atoms with E-state index in [0.29, 0.717) is 11.7 Å². The highest BCUT2D eigenvalue weighted by Gasteiger charge is 2.21. The highest BCUT2D eigenvalue weighted by atomic mass is 16.6. The molecule has 0 spiro atoms. The standard InChI is InChI=1S/C14H23N5O2/c1-2-10-3-5-11(6-4-10)9-16-14-12(19(20)21)7-8-13(17-14)18-15/h7-8,10-11H,2-6,9,15H2,1H3,(H2,16,17,18). The van der Waals surface area contributed by atoms with E-state index in [1.165, 1.54) is 44.2 Å². The largest absolute Gasteiger partial charge is 0.364 e. The number of hydrazine groups is 1. The highest BCUT2D eigenvalue weighted by molar-refractivity contribution is 5.59. The molecule has 1 aromatic rings. The molecule has 0 bridgehead atoms. The molecule has 1 aromatic heterocycles. The zero-order valence-electron chi connectivity index (χ0n) is 12.3. The zero-order valence-corrected chi connectivity index (χ0v) is 12.3. The Morgan fingerprint density at radius 1 is 1.33 bits per heavy atom. The third-order valence-corrected chi connectivity index (χ3v) is 4.32. The van der Waals surface area contributed by atoms with Gasteiger partial charge in [-0.25, -0.2) is 10.8 Å². The van der Waals surface area contributed by atoms with Crippen LogP contribution in [0.1, 0.15) is 39.0 Å². The minimum Gasteiger partial charge on any atom is -0.364 e. The zero-order chi connectivity index (χ0) is 15.2. The quantitative estimate of drug-likeness (QED) is 0.423. The van der Waals surface area contributed by atoms with Gasteiger partial charge in [-0.2, -0.15) is 0 Å². The summed E-state index contributed by atoms with van der Waals surface area (Å²) in [5, 5.41) is 14.2. The summed E-state index contributed by atoms with van der Waals surface area (Å²) in [6, 6.07) is 2.91. The van der Waals surface area contributed by atoms with Crippen LogP contribution in [0.3, 0.4) is 0 Å². The van der Waals surface area contributed by atoms with Gasteiger partial charge in [0.05, 0.1) is 4.92 Å². The van der Waals surface area contributed by atoms with E-state index in [4.69, 9.17) is 5.84 Å². The number of hydrogen-bond acceptors (Lipinski definition) is 6. The molecular formula is C14H23N5O2. The molecule has 2 rings (SSSR count). The number of nitrogens with one attached hydrogen (secondary N) is 2. The van der Waals surface area contributed by atoms with E-state index in [0.717, 1.165) is 12.5 Å². The molecule has 0 saturated heterocycles. The van der Waals surface area contributed by atoms with E-state index in [-0.39, 0.29) is 11.5 Å². The van der Waals surface area contributed by atoms with Crippen LogP contribution < -0.4 is 16.6 Å². The third kappa shape index (κ3) is 4.04. The number of nitrogens with zero attached hydrogens (tertiary/aromatic N) is 2. The molecule has 7 heteroatoms. The van der Waals surface area contributed by atoms with Crippen molar-refractivity contribution in [2.24, 2.45) is 17.7 Å². The van der Waals surface area contributed by atoms with Crippen molar-refractivity contribution in [3.05, 3.63) is 22.2 Å². The molecule has 7 nitrogen and oxygen atoms in total. The van der Waals surface area contributed by atoms with Crippen LogP contribution in [0, 0.1) is 22.0 Å². The van der Waals surface area contributed by atoms with Gasteiger partial charge in [0.25, 0.3) is 0 Å². The van der Waals surface area contributed by atoms with Crippen molar-refractivity contribution in [2.45, 2.75) is 39.0 Å². The number of anilines is 2. The molecule has 1 fully saturated rings. The van der Waals surface area contributed by atoms with Crippen molar-refractivity contribution in [3.63, 3.8) is 0 Å². The lowest BCUT2D eigenvalue weighted by atomic mass is 9.81. The van der Waals surface area contributed by atoms with Gasteiger partial charge in [0.1, 0.15) is 5.82 Å². The Kier molecular flexibility index (Phi) is 5.32. The maximum atomic E-state index is 11.0. The van der Waals surface area contributed by atoms with Gasteiger partial charge in [-0.05, 0) is 30.7 Å². The van der Waals surface area contributed by atoms with Gasteiger partial charge in [-0.3, -0.25) is 10.1 Å². The summed E-state index contributed by atoms with van der Waals surface area (Å²) in [6.45, 7) is 2.96. The predicted octanol–water partition coefficient (Wildman–Crippen LogP) is 2.90. The molecule has 0 amide bonds. The average molecular weight is 293 g/mol. The van der Waals surface area contributed by atoms with E-state index < -0.39 is 4.92 Å². The van der Waals surface area contributed by atoms with Crippen LogP contribution in [0.2, 0.25) is 0 Å². The van der Waals surface area contributed by atoms with E-state index in [2.05, 4.69) is 22.7 Å². The van der Waals surface area contributed by atoms with Crippen molar-refractivity contribution in [2.75, 3.05) is 17.3 Å². The van der Waals surface area contributed by atoms with E-state index in [9.17, 15) is 10.1 Å². The van der Waals surface area contributed by atoms with Crippen molar-refractivity contribution in [3.8, 4) is 0 Å². The minimum absolute atomic E-state index is 0.0174. The SMILES string of the molecule is CCC1CCC(CNc2nc(NN)ccc2[N+](=O)[O-])CC1. The fraction of sp³-hybridized carbons (Fsp3) is 0.643. The number of hydrogen-bond donors (Lipinski definition) is 3. The monoisotopic (exact) mass is 293 g/mol. The summed E-state index contributed by atoms with van der Waals surface area (Å²) in [5.74, 6) is 7.41. The Morgan fingerprint density at radius 3 is 2.57 bits per heavy atom. The number of pyridine rings is 1. The summed E-state index contributed by atoms with van der Waals surface area (Å²) >= 11 is 0. The summed E-state index contributed by atoms with van der Waals surface area (Å²) in [5.41, 5.74) is 2.39. The molecule has 116 valence electrons. The first kappa shape index (κ1) is 15.5. The molecule has 21 heavy (non-hydrogen) atoms. The molecule has 0 atom stereocenters. The third-order valence-electron chi connectivity index (χ3n) is 4.32. The van der Waals surface area contributed by atoms with Crippen molar-refractivity contribution >= 4 is 17.3 Å². The lowest BCUT2D eigenvalue weighted by Gasteiger charge is -2.27. The maximum absolute atomic E-state index is 11.0. The van der Waals surface area contributed by atoms with Crippen molar-refractivity contribution in [1.29, 1.82) is 0 Å². The molecule has 0 aromatic carbocycles. The summed E-state index contributed by atoms with van der Waals surface area (Å²) in [7, 11) is 0. The van der Waals surface area contributed by atoms with E-state index >= 15 is 0 Å². The van der Waals surface area contributed by atoms with Crippen LogP contribution in [-0.4, -0.2) is 16.5 Å². The number of aromatic nitrogens is 1. The second kappa shape index (κ2) is 7.21. The lowest BCUT2D eigenvalue weighted by Crippen LogP contribution is -2.22. The van der Waals surface area contributed by atoms with Gasteiger partial charge in [0.2, 0.25) is 5.82 Å². The summed E-state index contributed by atoms with van der Waals surface area (Å²) in [6.07, 6.45) is 6.10. The number of nitrogens with two attached hydrogens (primary N) is 1. The van der Waals surface area contributed by atoms with Crippen LogP contribution in [0.5, 0.6) is 0 Å². The molecule has 0 aliphatic heterocycles. The van der Waals surface area contributed by atoms with Crippen LogP contribution >= 0.6 is 0 Å². The summed E-state index contributed by atoms with van der Waals surface area (Å²) < 4.78 is 0. The van der Waals surface area contributed by atoms with Gasteiger partial charge in [0.15, 0.2) is 0 Å². The van der Waals surface area contributed by atoms with Crippen LogP contribution in [0.15, 0.2) is 12.1 Å². The Bertz CT molecular complexity index is 486. The van der Waals surface area contributed by atoms with Crippen LogP contribution in [0.4, 0.5) is 17.3 Å². The van der Waals surface area contributed by atoms with Crippen LogP contribution in [0.25, 0.3) is 0 Å². The summed E-state index contributed by atoms with van der Waals surface area (Å²) in [4.78, 5) is 14.7. The molecular weight excluding hydrogens is 270 g/mol. The topological polar surface area (TPSA) is 106 Å². The van der Waals surface area contributed by atoms with Gasteiger partial charge >= 0.3 is 5.69 Å². The normalized spacial score (nSPS) is 21.8. The second-order valence-corrected chi connectivity index (χ2v) is 5.64. The molecule has 4 N–H and O–H groups in total. The van der Waals surface area contributed by atoms with Gasteiger partial charge in [0, 0.05) is 12.6 Å². The fourth-order valence-electron chi connectivity index (χ4n) is 2.89. The molecule has 0 radical (unpaired) electrons. The first-order valence-electron chi connectivity index (χ1n) is 7.50. The van der Waals surface area contributed by atoms with Crippen LogP contribution in [-0.2, 0) is 0 Å². The van der Waals surface area contributed by atoms with E-state index in [1.807, 2.05) is 0 Å². The van der Waals surface area contributed by atoms with Crippen molar-refractivity contribution in [1.82, 2.24) is 4.98 Å².